The molecule has 1 aromatic heterocycles. The molecule has 0 aliphatic rings. The molecule has 1 heterocycles. The highest BCUT2D eigenvalue weighted by atomic mass is 16.3. The van der Waals surface area contributed by atoms with Crippen molar-refractivity contribution in [2.75, 3.05) is 4.90 Å². The summed E-state index contributed by atoms with van der Waals surface area (Å²) in [5.41, 5.74) is 14.5. The lowest BCUT2D eigenvalue weighted by molar-refractivity contribution is 0.669. The maximum Gasteiger partial charge on any atom is 0.136 e. The highest BCUT2D eigenvalue weighted by molar-refractivity contribution is 6.13. The summed E-state index contributed by atoms with van der Waals surface area (Å²) in [6.07, 6.45) is 0. The van der Waals surface area contributed by atoms with E-state index in [4.69, 9.17) is 4.42 Å². The van der Waals surface area contributed by atoms with E-state index in [1.165, 1.54) is 60.1 Å². The fourth-order valence-corrected chi connectivity index (χ4v) is 9.50. The Labute approximate surface area is 360 Å². The van der Waals surface area contributed by atoms with Gasteiger partial charge in [0.15, 0.2) is 0 Å². The average Bonchev–Trinajstić information content (AvgIpc) is 3.73. The molecule has 0 aliphatic heterocycles. The van der Waals surface area contributed by atoms with Crippen LogP contribution < -0.4 is 4.90 Å². The van der Waals surface area contributed by atoms with Crippen LogP contribution in [0.25, 0.3) is 98.8 Å². The van der Waals surface area contributed by atoms with E-state index in [1.807, 2.05) is 12.1 Å². The lowest BCUT2D eigenvalue weighted by atomic mass is 9.93. The Kier molecular flexibility index (Phi) is 8.53. The summed E-state index contributed by atoms with van der Waals surface area (Å²) in [7, 11) is 0. The zero-order chi connectivity index (χ0) is 41.0. The second-order valence-corrected chi connectivity index (χ2v) is 16.1. The largest absolute Gasteiger partial charge is 0.456 e. The molecule has 0 fully saturated rings. The zero-order valence-electron chi connectivity index (χ0n) is 33.9. The monoisotopic (exact) mass is 789 g/mol. The second-order valence-electron chi connectivity index (χ2n) is 16.1. The quantitative estimate of drug-likeness (QED) is 0.150. The maximum absolute atomic E-state index is 6.32. The molecule has 0 saturated carbocycles. The van der Waals surface area contributed by atoms with Gasteiger partial charge in [-0.15, -0.1) is 0 Å². The maximum atomic E-state index is 6.32. The molecule has 12 rings (SSSR count). The Bertz CT molecular complexity index is 3630. The van der Waals surface area contributed by atoms with E-state index < -0.39 is 0 Å². The first-order valence-corrected chi connectivity index (χ1v) is 21.2. The van der Waals surface area contributed by atoms with Gasteiger partial charge in [0.25, 0.3) is 0 Å². The summed E-state index contributed by atoms with van der Waals surface area (Å²) in [4.78, 5) is 2.38. The Morgan fingerprint density at radius 1 is 0.258 bits per heavy atom. The molecule has 2 nitrogen and oxygen atoms in total. The Hall–Kier alpha value is -8.20. The fourth-order valence-electron chi connectivity index (χ4n) is 9.50. The number of hydrogen-bond donors (Lipinski definition) is 0. The Balaban J connectivity index is 0.959. The van der Waals surface area contributed by atoms with Gasteiger partial charge in [0.05, 0.1) is 0 Å². The molecule has 12 aromatic rings. The molecule has 62 heavy (non-hydrogen) atoms. The summed E-state index contributed by atoms with van der Waals surface area (Å²) in [6, 6.07) is 85.5. The van der Waals surface area contributed by atoms with Crippen LogP contribution in [-0.2, 0) is 0 Å². The lowest BCUT2D eigenvalue weighted by Gasteiger charge is -2.27. The smallest absolute Gasteiger partial charge is 0.136 e. The molecule has 0 saturated heterocycles. The minimum absolute atomic E-state index is 0.891. The number of benzene rings is 11. The molecular formula is C60H39NO. The van der Waals surface area contributed by atoms with Crippen molar-refractivity contribution in [1.29, 1.82) is 0 Å². The van der Waals surface area contributed by atoms with Gasteiger partial charge in [-0.05, 0) is 125 Å². The molecule has 0 atom stereocenters. The third kappa shape index (κ3) is 6.12. The molecule has 0 radical (unpaired) electrons. The Morgan fingerprint density at radius 2 is 0.774 bits per heavy atom. The SMILES string of the molecule is c1cc(-c2ccc(-c3cccc4c3ccc3ccccc34)cc2)cc(N(c2ccc(-c3cccc4ccccc34)cc2)c2cccc(-c3cccc4oc5ccccc5c34)c2)c1. The number of rotatable bonds is 7. The average molecular weight is 790 g/mol. The molecule has 0 bridgehead atoms. The van der Waals surface area contributed by atoms with Gasteiger partial charge in [-0.25, -0.2) is 0 Å². The minimum atomic E-state index is 0.891. The van der Waals surface area contributed by atoms with Crippen LogP contribution in [0.15, 0.2) is 241 Å². The van der Waals surface area contributed by atoms with Crippen LogP contribution in [0.3, 0.4) is 0 Å². The van der Waals surface area contributed by atoms with Crippen LogP contribution in [0.1, 0.15) is 0 Å². The number of hydrogen-bond acceptors (Lipinski definition) is 2. The zero-order valence-corrected chi connectivity index (χ0v) is 33.9. The summed E-state index contributed by atoms with van der Waals surface area (Å²) in [5, 5.41) is 9.84. The summed E-state index contributed by atoms with van der Waals surface area (Å²) >= 11 is 0. The van der Waals surface area contributed by atoms with Gasteiger partial charge >= 0.3 is 0 Å². The van der Waals surface area contributed by atoms with Crippen molar-refractivity contribution in [3.8, 4) is 44.5 Å². The highest BCUT2D eigenvalue weighted by Gasteiger charge is 2.18. The van der Waals surface area contributed by atoms with Gasteiger partial charge < -0.3 is 9.32 Å². The topological polar surface area (TPSA) is 16.4 Å². The van der Waals surface area contributed by atoms with Crippen molar-refractivity contribution in [3.05, 3.63) is 237 Å². The number of fused-ring (bicyclic) bond motifs is 7. The van der Waals surface area contributed by atoms with Gasteiger partial charge in [-0.3, -0.25) is 0 Å². The van der Waals surface area contributed by atoms with E-state index >= 15 is 0 Å². The summed E-state index contributed by atoms with van der Waals surface area (Å²) in [6.45, 7) is 0. The number of anilines is 3. The fraction of sp³-hybridized carbons (Fsp3) is 0. The summed E-state index contributed by atoms with van der Waals surface area (Å²) < 4.78 is 6.32. The van der Waals surface area contributed by atoms with Crippen LogP contribution in [0.2, 0.25) is 0 Å². The molecular weight excluding hydrogens is 751 g/mol. The van der Waals surface area contributed by atoms with Gasteiger partial charge in [0.1, 0.15) is 11.2 Å². The molecule has 0 N–H and O–H groups in total. The van der Waals surface area contributed by atoms with E-state index in [-0.39, 0.29) is 0 Å². The minimum Gasteiger partial charge on any atom is -0.456 e. The summed E-state index contributed by atoms with van der Waals surface area (Å²) in [5.74, 6) is 0. The number of para-hydroxylation sites is 1. The first-order valence-electron chi connectivity index (χ1n) is 21.2. The van der Waals surface area contributed by atoms with Crippen molar-refractivity contribution in [1.82, 2.24) is 0 Å². The second kappa shape index (κ2) is 14.8. The van der Waals surface area contributed by atoms with E-state index in [1.54, 1.807) is 0 Å². The molecule has 0 amide bonds. The van der Waals surface area contributed by atoms with Gasteiger partial charge in [0.2, 0.25) is 0 Å². The van der Waals surface area contributed by atoms with Crippen molar-refractivity contribution in [2.24, 2.45) is 0 Å². The van der Waals surface area contributed by atoms with Crippen LogP contribution in [-0.4, -0.2) is 0 Å². The number of nitrogens with zero attached hydrogens (tertiary/aromatic N) is 1. The van der Waals surface area contributed by atoms with Crippen LogP contribution in [0.5, 0.6) is 0 Å². The van der Waals surface area contributed by atoms with E-state index in [9.17, 15) is 0 Å². The predicted molar refractivity (Wildman–Crippen MR) is 263 cm³/mol. The first-order chi connectivity index (χ1) is 30.7. The van der Waals surface area contributed by atoms with Crippen molar-refractivity contribution >= 4 is 71.3 Å². The van der Waals surface area contributed by atoms with E-state index in [2.05, 4.69) is 229 Å². The van der Waals surface area contributed by atoms with Crippen LogP contribution >= 0.6 is 0 Å². The van der Waals surface area contributed by atoms with Crippen LogP contribution in [0.4, 0.5) is 17.1 Å². The van der Waals surface area contributed by atoms with Crippen LogP contribution in [0, 0.1) is 0 Å². The molecule has 290 valence electrons. The van der Waals surface area contributed by atoms with Crippen molar-refractivity contribution in [3.63, 3.8) is 0 Å². The third-order valence-electron chi connectivity index (χ3n) is 12.5. The van der Waals surface area contributed by atoms with E-state index in [0.717, 1.165) is 55.7 Å². The lowest BCUT2D eigenvalue weighted by Crippen LogP contribution is -2.10. The van der Waals surface area contributed by atoms with Crippen molar-refractivity contribution in [2.45, 2.75) is 0 Å². The molecule has 11 aromatic carbocycles. The highest BCUT2D eigenvalue weighted by Crippen LogP contribution is 2.42. The third-order valence-corrected chi connectivity index (χ3v) is 12.5. The number of furan rings is 1. The molecule has 0 aliphatic carbocycles. The van der Waals surface area contributed by atoms with Gasteiger partial charge in [0, 0.05) is 27.8 Å². The molecule has 0 unspecified atom stereocenters. The Morgan fingerprint density at radius 3 is 1.56 bits per heavy atom. The van der Waals surface area contributed by atoms with Gasteiger partial charge in [-0.2, -0.15) is 0 Å². The van der Waals surface area contributed by atoms with Gasteiger partial charge in [-0.1, -0.05) is 188 Å². The molecule has 0 spiro atoms. The normalized spacial score (nSPS) is 11.5. The predicted octanol–water partition coefficient (Wildman–Crippen LogP) is 17.2. The first kappa shape index (κ1) is 35.7. The standard InChI is InChI=1S/C60H39NO/c1-3-19-50-41(12-1)14-9-22-51(50)44-32-35-47(36-33-44)61(49-18-8-16-46(39-49)54-24-11-27-59-60(54)57-21-5-6-26-58(57)62-59)48-17-7-15-45(38-48)40-28-30-43(31-29-40)53-23-10-25-55-52-20-4-2-13-42(52)34-37-56(53)55/h1-39H. The van der Waals surface area contributed by atoms with E-state index in [0.29, 0.717) is 0 Å². The molecule has 2 heteroatoms. The van der Waals surface area contributed by atoms with Crippen molar-refractivity contribution < 1.29 is 4.42 Å².